The zero-order valence-corrected chi connectivity index (χ0v) is 33.0. The summed E-state index contributed by atoms with van der Waals surface area (Å²) in [7, 11) is 0. The number of hydrogen-bond donors (Lipinski definition) is 1. The summed E-state index contributed by atoms with van der Waals surface area (Å²) in [5.74, 6) is 0.849. The number of carbonyl (C=O) groups is 2. The number of alkyl carbamates (subject to hydrolysis) is 1. The van der Waals surface area contributed by atoms with Crippen LogP contribution >= 0.6 is 35.0 Å². The molecule has 53 heavy (non-hydrogen) atoms. The molecule has 2 aromatic carbocycles. The molecule has 4 fully saturated rings. The van der Waals surface area contributed by atoms with E-state index in [1.165, 1.54) is 11.8 Å². The molecule has 4 aliphatic rings. The maximum absolute atomic E-state index is 17.3. The van der Waals surface area contributed by atoms with Gasteiger partial charge < -0.3 is 19.5 Å². The highest BCUT2D eigenvalue weighted by Crippen LogP contribution is 2.60. The minimum atomic E-state index is -0.619. The molecule has 2 aromatic heterocycles. The van der Waals surface area contributed by atoms with Crippen molar-refractivity contribution in [2.75, 3.05) is 12.8 Å². The number of amides is 2. The average Bonchev–Trinajstić information content (AvgIpc) is 3.96. The summed E-state index contributed by atoms with van der Waals surface area (Å²) >= 11 is 14.6. The van der Waals surface area contributed by atoms with E-state index < -0.39 is 17.5 Å². The molecule has 3 heterocycles. The third-order valence-electron chi connectivity index (χ3n) is 11.8. The number of fused-ring (bicyclic) bond motifs is 4. The van der Waals surface area contributed by atoms with E-state index in [1.807, 2.05) is 33.1 Å². The predicted molar refractivity (Wildman–Crippen MR) is 208 cm³/mol. The van der Waals surface area contributed by atoms with Crippen molar-refractivity contribution < 1.29 is 18.7 Å². The number of aryl methyl sites for hydroxylation is 1. The van der Waals surface area contributed by atoms with Gasteiger partial charge >= 0.3 is 6.09 Å². The molecule has 1 N–H and O–H groups in total. The fourth-order valence-corrected chi connectivity index (χ4v) is 9.90. The number of ether oxygens (including phenoxy) is 1. The van der Waals surface area contributed by atoms with Crippen LogP contribution in [0.1, 0.15) is 89.6 Å². The molecule has 1 aliphatic heterocycles. The van der Waals surface area contributed by atoms with Gasteiger partial charge in [-0.1, -0.05) is 42.3 Å². The van der Waals surface area contributed by atoms with Crippen molar-refractivity contribution in [2.45, 2.75) is 101 Å². The molecule has 2 amide bonds. The molecule has 278 valence electrons. The predicted octanol–water partition coefficient (Wildman–Crippen LogP) is 10.3. The van der Waals surface area contributed by atoms with E-state index in [0.717, 1.165) is 48.7 Å². The van der Waals surface area contributed by atoms with Crippen LogP contribution < -0.4 is 5.32 Å². The topological polar surface area (TPSA) is 100 Å². The molecule has 3 saturated carbocycles. The first-order valence-electron chi connectivity index (χ1n) is 18.7. The molecule has 6 atom stereocenters. The first-order chi connectivity index (χ1) is 25.3. The summed E-state index contributed by atoms with van der Waals surface area (Å²) in [4.78, 5) is 34.0. The second kappa shape index (κ2) is 13.6. The summed E-state index contributed by atoms with van der Waals surface area (Å²) < 4.78 is 25.3. The Labute approximate surface area is 323 Å². The summed E-state index contributed by atoms with van der Waals surface area (Å²) in [6, 6.07) is 11.7. The van der Waals surface area contributed by atoms with E-state index in [9.17, 15) is 14.9 Å². The zero-order valence-electron chi connectivity index (χ0n) is 30.6. The Morgan fingerprint density at radius 3 is 2.58 bits per heavy atom. The number of rotatable bonds is 9. The van der Waals surface area contributed by atoms with Crippen molar-refractivity contribution in [3.8, 4) is 17.2 Å². The Balaban J connectivity index is 1.34. The molecule has 4 aromatic rings. The maximum Gasteiger partial charge on any atom is 0.407 e. The standard InChI is InChI=1S/C41H44Cl2FN5O3S/c1-20-25-17-31(49(36(20)25)39(50)21-11-12-21)30-18-27-37(48(30)29-14-13-23(29)19-46-40(51)52-41(2,3)4)26-16-22(8-7-15-45)32(24-9-6-10-28(42)33(24)43)34(44)35(26)47-38(27)53-5/h6,9-10,16,18,20-21,23,25,29,31,36H,7-8,11-14,17,19H2,1-5H3,(H,46,51)/t20?,23-,25?,29-,31-,36?/m1/s1. The van der Waals surface area contributed by atoms with Gasteiger partial charge in [-0.05, 0) is 107 Å². The second-order valence-electron chi connectivity index (χ2n) is 16.3. The highest BCUT2D eigenvalue weighted by Gasteiger charge is 2.62. The number of nitrogens with one attached hydrogen (secondary N) is 1. The van der Waals surface area contributed by atoms with Crippen molar-refractivity contribution in [3.05, 3.63) is 57.5 Å². The zero-order chi connectivity index (χ0) is 37.5. The number of halogens is 3. The lowest BCUT2D eigenvalue weighted by Gasteiger charge is -2.41. The van der Waals surface area contributed by atoms with Gasteiger partial charge in [0.1, 0.15) is 16.1 Å². The highest BCUT2D eigenvalue weighted by atomic mass is 35.5. The van der Waals surface area contributed by atoms with E-state index in [2.05, 4.69) is 33.8 Å². The van der Waals surface area contributed by atoms with Gasteiger partial charge in [0.2, 0.25) is 5.91 Å². The normalized spacial score (nSPS) is 24.9. The number of piperidine rings is 1. The van der Waals surface area contributed by atoms with Gasteiger partial charge in [-0.3, -0.25) is 4.79 Å². The van der Waals surface area contributed by atoms with Crippen LogP contribution in [0.2, 0.25) is 10.0 Å². The van der Waals surface area contributed by atoms with Crippen LogP contribution in [-0.4, -0.2) is 50.9 Å². The molecule has 1 saturated heterocycles. The van der Waals surface area contributed by atoms with Gasteiger partial charge in [0, 0.05) is 58.6 Å². The molecule has 0 radical (unpaired) electrons. The lowest BCUT2D eigenvalue weighted by molar-refractivity contribution is -0.135. The Hall–Kier alpha value is -3.52. The Bertz CT molecular complexity index is 2210. The minimum Gasteiger partial charge on any atom is -0.444 e. The lowest BCUT2D eigenvalue weighted by Crippen LogP contribution is -2.42. The highest BCUT2D eigenvalue weighted by molar-refractivity contribution is 7.98. The van der Waals surface area contributed by atoms with Gasteiger partial charge in [-0.25, -0.2) is 14.2 Å². The Kier molecular flexibility index (Phi) is 9.39. The number of nitrogens with zero attached hydrogens (tertiary/aromatic N) is 4. The quantitative estimate of drug-likeness (QED) is 0.170. The summed E-state index contributed by atoms with van der Waals surface area (Å²) in [5, 5.41) is 15.5. The monoisotopic (exact) mass is 775 g/mol. The Morgan fingerprint density at radius 2 is 1.92 bits per heavy atom. The van der Waals surface area contributed by atoms with Crippen molar-refractivity contribution in [3.63, 3.8) is 0 Å². The molecule has 12 heteroatoms. The van der Waals surface area contributed by atoms with Crippen molar-refractivity contribution in [2.24, 2.45) is 23.7 Å². The van der Waals surface area contributed by atoms with Gasteiger partial charge in [0.25, 0.3) is 0 Å². The van der Waals surface area contributed by atoms with Crippen LogP contribution in [0.5, 0.6) is 0 Å². The minimum absolute atomic E-state index is 0.0161. The van der Waals surface area contributed by atoms with Gasteiger partial charge in [-0.2, -0.15) is 5.26 Å². The van der Waals surface area contributed by atoms with Crippen molar-refractivity contribution in [1.82, 2.24) is 19.8 Å². The average molecular weight is 777 g/mol. The summed E-state index contributed by atoms with van der Waals surface area (Å²) in [6.45, 7) is 8.20. The molecule has 8 rings (SSSR count). The van der Waals surface area contributed by atoms with Crippen LogP contribution in [0.4, 0.5) is 9.18 Å². The number of aromatic nitrogens is 2. The van der Waals surface area contributed by atoms with E-state index in [1.54, 1.807) is 18.2 Å². The third-order valence-corrected chi connectivity index (χ3v) is 13.3. The maximum atomic E-state index is 17.3. The molecule has 3 aliphatic carbocycles. The summed E-state index contributed by atoms with van der Waals surface area (Å²) in [5.41, 5.74) is 2.92. The Morgan fingerprint density at radius 1 is 1.15 bits per heavy atom. The SMILES string of the molecule is CSc1nc2c(F)c(-c3cccc(Cl)c3Cl)c(CCC#N)cc2c2c1cc([C@H]1CC3C(C)C3N1C(=O)C1CC1)n2[C@@H]1CC[C@@H]1CNC(=O)OC(C)(C)C. The van der Waals surface area contributed by atoms with Gasteiger partial charge in [-0.15, -0.1) is 11.8 Å². The molecular weight excluding hydrogens is 732 g/mol. The third kappa shape index (κ3) is 6.34. The first kappa shape index (κ1) is 36.5. The van der Waals surface area contributed by atoms with Crippen LogP contribution in [0.3, 0.4) is 0 Å². The molecule has 3 unspecified atom stereocenters. The molecule has 0 bridgehead atoms. The molecule has 0 spiro atoms. The van der Waals surface area contributed by atoms with Crippen LogP contribution in [0.25, 0.3) is 32.9 Å². The second-order valence-corrected chi connectivity index (χ2v) is 17.9. The van der Waals surface area contributed by atoms with Crippen LogP contribution in [0.15, 0.2) is 35.4 Å². The van der Waals surface area contributed by atoms with E-state index >= 15 is 4.39 Å². The first-order valence-corrected chi connectivity index (χ1v) is 20.6. The van der Waals surface area contributed by atoms with Crippen molar-refractivity contribution in [1.29, 1.82) is 5.26 Å². The number of hydrogen-bond acceptors (Lipinski definition) is 6. The van der Waals surface area contributed by atoms with Gasteiger partial charge in [0.05, 0.1) is 27.7 Å². The number of likely N-dealkylation sites (tertiary alicyclic amines) is 1. The smallest absolute Gasteiger partial charge is 0.407 e. The molecule has 8 nitrogen and oxygen atoms in total. The lowest BCUT2D eigenvalue weighted by atomic mass is 9.78. The van der Waals surface area contributed by atoms with E-state index in [-0.39, 0.29) is 52.8 Å². The number of nitriles is 1. The van der Waals surface area contributed by atoms with Crippen molar-refractivity contribution >= 4 is 68.8 Å². The van der Waals surface area contributed by atoms with E-state index in [0.29, 0.717) is 56.9 Å². The summed E-state index contributed by atoms with van der Waals surface area (Å²) in [6.07, 6.45) is 6.50. The number of thioether (sulfide) groups is 1. The number of benzene rings is 2. The molecular formula is C41H44Cl2FN5O3S. The largest absolute Gasteiger partial charge is 0.444 e. The van der Waals surface area contributed by atoms with E-state index in [4.69, 9.17) is 32.9 Å². The fourth-order valence-electron chi connectivity index (χ4n) is 8.95. The fraction of sp³-hybridized carbons (Fsp3) is 0.512. The van der Waals surface area contributed by atoms with Crippen LogP contribution in [0, 0.1) is 40.8 Å². The number of pyridine rings is 1. The van der Waals surface area contributed by atoms with Crippen LogP contribution in [-0.2, 0) is 16.0 Å². The number of carbonyl (C=O) groups excluding carboxylic acids is 2. The van der Waals surface area contributed by atoms with Gasteiger partial charge in [0.15, 0.2) is 5.82 Å².